The standard InChI is InChI=1S/C9H6F3IN2S/c10-9(11,12)4-16-8-2-7(15)5(3-14)1-6(8)13/h1-2H,4,15H2. The zero-order valence-electron chi connectivity index (χ0n) is 7.81. The predicted molar refractivity (Wildman–Crippen MR) is 65.1 cm³/mol. The van der Waals surface area contributed by atoms with Crippen molar-refractivity contribution in [3.8, 4) is 6.07 Å². The third kappa shape index (κ3) is 3.75. The molecule has 0 atom stereocenters. The van der Waals surface area contributed by atoms with Crippen molar-refractivity contribution in [3.63, 3.8) is 0 Å². The summed E-state index contributed by atoms with van der Waals surface area (Å²) in [5.74, 6) is -0.964. The Morgan fingerprint density at radius 1 is 1.44 bits per heavy atom. The molecule has 0 aromatic heterocycles. The van der Waals surface area contributed by atoms with Crippen LogP contribution in [-0.2, 0) is 0 Å². The Kier molecular flexibility index (Phi) is 4.32. The minimum Gasteiger partial charge on any atom is -0.398 e. The summed E-state index contributed by atoms with van der Waals surface area (Å²) >= 11 is 2.55. The molecule has 0 spiro atoms. The van der Waals surface area contributed by atoms with Gasteiger partial charge in [0.25, 0.3) is 0 Å². The first-order chi connectivity index (χ1) is 7.33. The summed E-state index contributed by atoms with van der Waals surface area (Å²) in [5.41, 5.74) is 6.00. The van der Waals surface area contributed by atoms with Gasteiger partial charge in [0.2, 0.25) is 0 Å². The van der Waals surface area contributed by atoms with Gasteiger partial charge in [-0.2, -0.15) is 18.4 Å². The fraction of sp³-hybridized carbons (Fsp3) is 0.222. The summed E-state index contributed by atoms with van der Waals surface area (Å²) in [6.45, 7) is 0. The van der Waals surface area contributed by atoms with E-state index in [1.165, 1.54) is 12.1 Å². The number of alkyl halides is 3. The van der Waals surface area contributed by atoms with Crippen molar-refractivity contribution in [2.24, 2.45) is 0 Å². The van der Waals surface area contributed by atoms with E-state index in [0.717, 1.165) is 0 Å². The van der Waals surface area contributed by atoms with Gasteiger partial charge in [-0.05, 0) is 34.7 Å². The first kappa shape index (κ1) is 13.4. The van der Waals surface area contributed by atoms with Gasteiger partial charge in [-0.1, -0.05) is 0 Å². The van der Waals surface area contributed by atoms with Crippen LogP contribution in [-0.4, -0.2) is 11.9 Å². The van der Waals surface area contributed by atoms with E-state index in [-0.39, 0.29) is 11.3 Å². The van der Waals surface area contributed by atoms with Crippen LogP contribution in [0.2, 0.25) is 0 Å². The summed E-state index contributed by atoms with van der Waals surface area (Å²) in [6.07, 6.45) is -4.21. The smallest absolute Gasteiger partial charge is 0.398 e. The van der Waals surface area contributed by atoms with E-state index in [9.17, 15) is 13.2 Å². The fourth-order valence-corrected chi connectivity index (χ4v) is 2.60. The maximum atomic E-state index is 12.0. The molecule has 0 saturated carbocycles. The van der Waals surface area contributed by atoms with Crippen LogP contribution in [0.15, 0.2) is 17.0 Å². The number of anilines is 1. The van der Waals surface area contributed by atoms with Crippen LogP contribution < -0.4 is 5.73 Å². The van der Waals surface area contributed by atoms with E-state index in [0.29, 0.717) is 20.2 Å². The molecule has 1 aromatic carbocycles. The van der Waals surface area contributed by atoms with Gasteiger partial charge in [-0.15, -0.1) is 11.8 Å². The van der Waals surface area contributed by atoms with E-state index in [4.69, 9.17) is 11.0 Å². The van der Waals surface area contributed by atoms with Crippen LogP contribution in [0.5, 0.6) is 0 Å². The molecule has 2 N–H and O–H groups in total. The van der Waals surface area contributed by atoms with Crippen molar-refractivity contribution < 1.29 is 13.2 Å². The van der Waals surface area contributed by atoms with Crippen LogP contribution in [0.25, 0.3) is 0 Å². The highest BCUT2D eigenvalue weighted by atomic mass is 127. The summed E-state index contributed by atoms with van der Waals surface area (Å²) < 4.78 is 36.6. The van der Waals surface area contributed by atoms with Crippen molar-refractivity contribution in [2.45, 2.75) is 11.1 Å². The molecule has 0 bridgehead atoms. The van der Waals surface area contributed by atoms with Crippen LogP contribution in [0.4, 0.5) is 18.9 Å². The Labute approximate surface area is 108 Å². The maximum Gasteiger partial charge on any atom is 0.398 e. The highest BCUT2D eigenvalue weighted by molar-refractivity contribution is 14.1. The van der Waals surface area contributed by atoms with Crippen molar-refractivity contribution in [3.05, 3.63) is 21.3 Å². The molecule has 86 valence electrons. The molecule has 2 nitrogen and oxygen atoms in total. The summed E-state index contributed by atoms with van der Waals surface area (Å²) in [4.78, 5) is 0.439. The first-order valence-corrected chi connectivity index (χ1v) is 6.08. The maximum absolute atomic E-state index is 12.0. The van der Waals surface area contributed by atoms with Crippen LogP contribution >= 0.6 is 34.4 Å². The largest absolute Gasteiger partial charge is 0.398 e. The molecule has 0 aliphatic rings. The minimum atomic E-state index is -4.21. The minimum absolute atomic E-state index is 0.201. The lowest BCUT2D eigenvalue weighted by atomic mass is 10.2. The highest BCUT2D eigenvalue weighted by Crippen LogP contribution is 2.32. The van der Waals surface area contributed by atoms with Gasteiger partial charge in [0.15, 0.2) is 0 Å². The molecule has 0 unspecified atom stereocenters. The van der Waals surface area contributed by atoms with Gasteiger partial charge in [-0.3, -0.25) is 0 Å². The van der Waals surface area contributed by atoms with Crippen molar-refractivity contribution in [1.82, 2.24) is 0 Å². The van der Waals surface area contributed by atoms with Crippen LogP contribution in [0.1, 0.15) is 5.56 Å². The number of hydrogen-bond donors (Lipinski definition) is 1. The van der Waals surface area contributed by atoms with E-state index < -0.39 is 11.9 Å². The molecule has 0 amide bonds. The molecule has 0 saturated heterocycles. The SMILES string of the molecule is N#Cc1cc(I)c(SCC(F)(F)F)cc1N. The van der Waals surface area contributed by atoms with Crippen LogP contribution in [0.3, 0.4) is 0 Å². The Bertz CT molecular complexity index is 440. The second-order valence-electron chi connectivity index (χ2n) is 2.89. The molecule has 0 radical (unpaired) electrons. The Hall–Kier alpha value is -0.620. The van der Waals surface area contributed by atoms with E-state index in [2.05, 4.69) is 0 Å². The number of nitrogens with two attached hydrogens (primary N) is 1. The van der Waals surface area contributed by atoms with Crippen molar-refractivity contribution >= 4 is 40.0 Å². The third-order valence-corrected chi connectivity index (χ3v) is 3.99. The average Bonchev–Trinajstić information content (AvgIpc) is 2.17. The number of halogens is 4. The zero-order chi connectivity index (χ0) is 12.3. The van der Waals surface area contributed by atoms with E-state index >= 15 is 0 Å². The summed E-state index contributed by atoms with van der Waals surface area (Å²) in [6, 6.07) is 4.75. The first-order valence-electron chi connectivity index (χ1n) is 4.02. The van der Waals surface area contributed by atoms with Gasteiger partial charge >= 0.3 is 6.18 Å². The molecule has 0 heterocycles. The van der Waals surface area contributed by atoms with Crippen molar-refractivity contribution in [2.75, 3.05) is 11.5 Å². The van der Waals surface area contributed by atoms with Crippen LogP contribution in [0, 0.1) is 14.9 Å². The molecule has 1 aromatic rings. The molecular weight excluding hydrogens is 352 g/mol. The van der Waals surface area contributed by atoms with Crippen molar-refractivity contribution in [1.29, 1.82) is 5.26 Å². The lowest BCUT2D eigenvalue weighted by Gasteiger charge is -2.09. The molecule has 1 rings (SSSR count). The topological polar surface area (TPSA) is 49.8 Å². The Morgan fingerprint density at radius 2 is 2.06 bits per heavy atom. The van der Waals surface area contributed by atoms with E-state index in [1.807, 2.05) is 28.7 Å². The van der Waals surface area contributed by atoms with Gasteiger partial charge in [0.1, 0.15) is 6.07 Å². The number of nitriles is 1. The highest BCUT2D eigenvalue weighted by Gasteiger charge is 2.27. The molecule has 0 aliphatic carbocycles. The number of benzene rings is 1. The molecule has 0 fully saturated rings. The zero-order valence-corrected chi connectivity index (χ0v) is 10.8. The molecular formula is C9H6F3IN2S. The Balaban J connectivity index is 2.91. The molecule has 0 aliphatic heterocycles. The molecule has 7 heteroatoms. The predicted octanol–water partition coefficient (Wildman–Crippen LogP) is 3.40. The number of rotatable bonds is 2. The number of nitrogen functional groups attached to an aromatic ring is 1. The number of nitrogens with zero attached hydrogens (tertiary/aromatic N) is 1. The monoisotopic (exact) mass is 358 g/mol. The lowest BCUT2D eigenvalue weighted by Crippen LogP contribution is -2.10. The summed E-state index contributed by atoms with van der Waals surface area (Å²) in [7, 11) is 0. The number of thioether (sulfide) groups is 1. The van der Waals surface area contributed by atoms with E-state index in [1.54, 1.807) is 0 Å². The van der Waals surface area contributed by atoms with Gasteiger partial charge in [0.05, 0.1) is 17.0 Å². The number of hydrogen-bond acceptors (Lipinski definition) is 3. The lowest BCUT2D eigenvalue weighted by molar-refractivity contribution is -0.105. The summed E-state index contributed by atoms with van der Waals surface area (Å²) in [5, 5.41) is 8.67. The molecule has 16 heavy (non-hydrogen) atoms. The van der Waals surface area contributed by atoms with Gasteiger partial charge in [-0.25, -0.2) is 0 Å². The third-order valence-electron chi connectivity index (χ3n) is 1.62. The van der Waals surface area contributed by atoms with Gasteiger partial charge < -0.3 is 5.73 Å². The normalized spacial score (nSPS) is 11.2. The van der Waals surface area contributed by atoms with Gasteiger partial charge in [0, 0.05) is 8.47 Å². The fourth-order valence-electron chi connectivity index (χ4n) is 0.936. The average molecular weight is 358 g/mol. The quantitative estimate of drug-likeness (QED) is 0.501. The second kappa shape index (κ2) is 5.14. The second-order valence-corrected chi connectivity index (χ2v) is 5.06. The Morgan fingerprint density at radius 3 is 2.56 bits per heavy atom.